The van der Waals surface area contributed by atoms with Gasteiger partial charge in [-0.15, -0.1) is 0 Å². The second-order valence-electron chi connectivity index (χ2n) is 6.39. The second-order valence-corrected chi connectivity index (χ2v) is 6.80. The summed E-state index contributed by atoms with van der Waals surface area (Å²) < 4.78 is 20.9. The maximum absolute atomic E-state index is 11.9. The van der Waals surface area contributed by atoms with Crippen LogP contribution in [0.25, 0.3) is 0 Å². The number of rotatable bonds is 9. The first-order valence-corrected chi connectivity index (χ1v) is 10.2. The molecule has 0 radical (unpaired) electrons. The van der Waals surface area contributed by atoms with Gasteiger partial charge in [-0.25, -0.2) is 4.98 Å². The summed E-state index contributed by atoms with van der Waals surface area (Å²) in [4.78, 5) is 16.0. The first-order valence-electron chi connectivity index (χ1n) is 9.82. The number of carbonyl (C=O) groups is 1. The Morgan fingerprint density at radius 1 is 1.13 bits per heavy atom. The molecule has 0 saturated carbocycles. The van der Waals surface area contributed by atoms with E-state index in [0.717, 1.165) is 5.75 Å². The van der Waals surface area contributed by atoms with Crippen LogP contribution in [0.2, 0.25) is 0 Å². The van der Waals surface area contributed by atoms with Crippen molar-refractivity contribution in [1.82, 2.24) is 10.3 Å². The molecule has 8 nitrogen and oxygen atoms in total. The van der Waals surface area contributed by atoms with E-state index in [1.165, 1.54) is 25.8 Å². The van der Waals surface area contributed by atoms with Gasteiger partial charge in [-0.2, -0.15) is 0 Å². The summed E-state index contributed by atoms with van der Waals surface area (Å²) in [6.45, 7) is 5.93. The van der Waals surface area contributed by atoms with Crippen LogP contribution in [0.1, 0.15) is 32.9 Å². The highest BCUT2D eigenvalue weighted by Crippen LogP contribution is 2.27. The normalized spacial score (nSPS) is 10.7. The molecular formula is C22H30N2O6S. The molecule has 0 fully saturated rings. The van der Waals surface area contributed by atoms with E-state index < -0.39 is 5.97 Å². The van der Waals surface area contributed by atoms with E-state index in [4.69, 9.17) is 31.2 Å². The van der Waals surface area contributed by atoms with Crippen molar-refractivity contribution >= 4 is 23.2 Å². The van der Waals surface area contributed by atoms with Crippen molar-refractivity contribution in [3.8, 4) is 23.0 Å². The van der Waals surface area contributed by atoms with Gasteiger partial charge < -0.3 is 29.4 Å². The Labute approximate surface area is 188 Å². The van der Waals surface area contributed by atoms with Gasteiger partial charge in [-0.3, -0.25) is 4.79 Å². The Balaban J connectivity index is 0.00000151. The molecule has 1 atom stereocenters. The van der Waals surface area contributed by atoms with Gasteiger partial charge in [0.15, 0.2) is 11.5 Å². The Bertz CT molecular complexity index is 829. The molecule has 2 aromatic rings. The maximum atomic E-state index is 11.9. The number of carbonyl (C=O) groups excluding carboxylic acids is 1. The third kappa shape index (κ3) is 9.08. The predicted octanol–water partition coefficient (Wildman–Crippen LogP) is 3.50. The fraction of sp³-hybridized carbons (Fsp3) is 0.409. The smallest absolute Gasteiger partial charge is 0.325 e. The summed E-state index contributed by atoms with van der Waals surface area (Å²) in [5.74, 6) is 0.891. The highest BCUT2D eigenvalue weighted by molar-refractivity contribution is 7.80. The Kier molecular flexibility index (Phi) is 11.7. The van der Waals surface area contributed by atoms with Gasteiger partial charge in [-0.1, -0.05) is 32.5 Å². The molecule has 0 aliphatic carbocycles. The Hall–Kier alpha value is -3.07. The van der Waals surface area contributed by atoms with E-state index in [2.05, 4.69) is 24.1 Å². The van der Waals surface area contributed by atoms with Crippen molar-refractivity contribution in [3.05, 3.63) is 42.2 Å². The number of hydrogen-bond acceptors (Lipinski definition) is 8. The number of benzene rings is 1. The fourth-order valence-corrected chi connectivity index (χ4v) is 2.41. The lowest BCUT2D eigenvalue weighted by atomic mass is 10.3. The quantitative estimate of drug-likeness (QED) is 0.439. The van der Waals surface area contributed by atoms with Crippen LogP contribution in [0.5, 0.6) is 23.0 Å². The van der Waals surface area contributed by atoms with Crippen LogP contribution in [-0.2, 0) is 9.53 Å². The number of aromatic nitrogens is 1. The van der Waals surface area contributed by atoms with Crippen LogP contribution in [0, 0.1) is 0 Å². The molecule has 0 aliphatic rings. The van der Waals surface area contributed by atoms with E-state index in [1.54, 1.807) is 38.3 Å². The number of thiocarbonyl (C=S) groups is 1. The zero-order chi connectivity index (χ0) is 23.2. The highest BCUT2D eigenvalue weighted by atomic mass is 32.1. The molecule has 1 heterocycles. The summed E-state index contributed by atoms with van der Waals surface area (Å²) in [7, 11) is 3.01. The van der Waals surface area contributed by atoms with Gasteiger partial charge in [-0.05, 0) is 31.2 Å². The van der Waals surface area contributed by atoms with Crippen LogP contribution in [0.3, 0.4) is 0 Å². The molecule has 2 rings (SSSR count). The minimum Gasteiger partial charge on any atom is -0.503 e. The fourth-order valence-electron chi connectivity index (χ4n) is 2.19. The molecular weight excluding hydrogens is 420 g/mol. The van der Waals surface area contributed by atoms with Gasteiger partial charge in [0.2, 0.25) is 0 Å². The summed E-state index contributed by atoms with van der Waals surface area (Å²) >= 11 is 5.15. The van der Waals surface area contributed by atoms with Crippen molar-refractivity contribution in [1.29, 1.82) is 0 Å². The van der Waals surface area contributed by atoms with Gasteiger partial charge >= 0.3 is 5.97 Å². The molecule has 170 valence electrons. The average Bonchev–Trinajstić information content (AvgIpc) is 2.77. The molecule has 0 spiro atoms. The summed E-state index contributed by atoms with van der Waals surface area (Å²) in [6.07, 6.45) is 2.35. The van der Waals surface area contributed by atoms with Crippen LogP contribution >= 0.6 is 12.2 Å². The molecule has 1 aromatic heterocycles. The third-order valence-corrected chi connectivity index (χ3v) is 3.93. The summed E-state index contributed by atoms with van der Waals surface area (Å²) in [5.41, 5.74) is 0.123. The number of ether oxygens (including phenoxy) is 4. The van der Waals surface area contributed by atoms with Gasteiger partial charge in [0.25, 0.3) is 0 Å². The number of esters is 1. The highest BCUT2D eigenvalue weighted by Gasteiger charge is 2.15. The van der Waals surface area contributed by atoms with E-state index in [1.807, 2.05) is 0 Å². The molecule has 0 amide bonds. The number of nitrogens with one attached hydrogen (secondary N) is 1. The summed E-state index contributed by atoms with van der Waals surface area (Å²) in [6, 6.07) is 8.59. The van der Waals surface area contributed by atoms with Crippen molar-refractivity contribution in [3.63, 3.8) is 0 Å². The average molecular weight is 451 g/mol. The Morgan fingerprint density at radius 2 is 1.74 bits per heavy atom. The molecule has 2 N–H and O–H groups in total. The molecule has 31 heavy (non-hydrogen) atoms. The van der Waals surface area contributed by atoms with Gasteiger partial charge in [0.1, 0.15) is 41.4 Å². The molecule has 1 aromatic carbocycles. The van der Waals surface area contributed by atoms with Crippen LogP contribution < -0.4 is 19.5 Å². The van der Waals surface area contributed by atoms with Crippen molar-refractivity contribution < 1.29 is 28.8 Å². The van der Waals surface area contributed by atoms with E-state index in [0.29, 0.717) is 5.75 Å². The van der Waals surface area contributed by atoms with Crippen LogP contribution in [-0.4, -0.2) is 54.5 Å². The standard InChI is InChI=1S/C19H22N2O6S.C3H8/c1-12(27-14-6-4-13(24-2)5-7-14)11-26-16(22)10-21-19(28)17-18(23)15(25-3)8-9-20-17;1-3-2/h4-9,12,23H,10-11H2,1-3H3,(H,21,28);3H2,1-2H3. The van der Waals surface area contributed by atoms with E-state index in [-0.39, 0.29) is 41.4 Å². The van der Waals surface area contributed by atoms with Crippen LogP contribution in [0.15, 0.2) is 36.5 Å². The molecule has 0 bridgehead atoms. The Morgan fingerprint density at radius 3 is 2.32 bits per heavy atom. The first-order chi connectivity index (χ1) is 14.9. The monoisotopic (exact) mass is 450 g/mol. The maximum Gasteiger partial charge on any atom is 0.325 e. The number of hydrogen-bond donors (Lipinski definition) is 2. The minimum atomic E-state index is -0.519. The number of pyridine rings is 1. The summed E-state index contributed by atoms with van der Waals surface area (Å²) in [5, 5.41) is 12.7. The first kappa shape index (κ1) is 26.0. The van der Waals surface area contributed by atoms with Crippen molar-refractivity contribution in [2.45, 2.75) is 33.3 Å². The minimum absolute atomic E-state index is 0.0714. The van der Waals surface area contributed by atoms with Crippen molar-refractivity contribution in [2.24, 2.45) is 0 Å². The van der Waals surface area contributed by atoms with Gasteiger partial charge in [0, 0.05) is 12.3 Å². The zero-order valence-corrected chi connectivity index (χ0v) is 19.3. The molecule has 1 unspecified atom stereocenters. The SMILES string of the molecule is CCC.COc1ccc(OC(C)COC(=O)CNC(=S)c2nccc(OC)c2O)cc1. The molecule has 9 heteroatoms. The molecule has 0 aliphatic heterocycles. The van der Waals surface area contributed by atoms with E-state index >= 15 is 0 Å². The van der Waals surface area contributed by atoms with Gasteiger partial charge in [0.05, 0.1) is 14.2 Å². The number of methoxy groups -OCH3 is 2. The largest absolute Gasteiger partial charge is 0.503 e. The number of nitrogens with zero attached hydrogens (tertiary/aromatic N) is 1. The lowest BCUT2D eigenvalue weighted by Crippen LogP contribution is -2.32. The lowest BCUT2D eigenvalue weighted by Gasteiger charge is -2.15. The molecule has 0 saturated heterocycles. The number of aromatic hydroxyl groups is 1. The van der Waals surface area contributed by atoms with E-state index in [9.17, 15) is 9.90 Å². The lowest BCUT2D eigenvalue weighted by molar-refractivity contribution is -0.144. The predicted molar refractivity (Wildman–Crippen MR) is 122 cm³/mol. The van der Waals surface area contributed by atoms with Crippen LogP contribution in [0.4, 0.5) is 0 Å². The zero-order valence-electron chi connectivity index (χ0n) is 18.5. The third-order valence-electron chi connectivity index (χ3n) is 3.59. The van der Waals surface area contributed by atoms with Crippen molar-refractivity contribution in [2.75, 3.05) is 27.4 Å². The topological polar surface area (TPSA) is 99.1 Å². The second kappa shape index (κ2) is 14.0.